The molecule has 0 saturated heterocycles. The average Bonchev–Trinajstić information content (AvgIpc) is 3.31. The Morgan fingerprint density at radius 2 is 1.96 bits per heavy atom. The second kappa shape index (κ2) is 7.01. The molecule has 0 saturated carbocycles. The van der Waals surface area contributed by atoms with Gasteiger partial charge in [0, 0.05) is 18.8 Å². The summed E-state index contributed by atoms with van der Waals surface area (Å²) in [5.74, 6) is 0.00570. The maximum Gasteiger partial charge on any atom is 0.416 e. The van der Waals surface area contributed by atoms with Gasteiger partial charge in [-0.15, -0.1) is 11.3 Å². The van der Waals surface area contributed by atoms with Crippen molar-refractivity contribution in [3.05, 3.63) is 65.1 Å². The summed E-state index contributed by atoms with van der Waals surface area (Å²) >= 11 is 1.29. The number of fused-ring (bicyclic) bond motifs is 1. The van der Waals surface area contributed by atoms with Crippen molar-refractivity contribution in [1.29, 1.82) is 0 Å². The van der Waals surface area contributed by atoms with Crippen LogP contribution >= 0.6 is 11.3 Å². The Morgan fingerprint density at radius 3 is 2.68 bits per heavy atom. The molecule has 2 aromatic heterocycles. The molecular weight excluding hydrogens is 389 g/mol. The molecule has 1 atom stereocenters. The Morgan fingerprint density at radius 1 is 1.21 bits per heavy atom. The van der Waals surface area contributed by atoms with Gasteiger partial charge in [-0.25, -0.2) is 4.98 Å². The Bertz CT molecular complexity index is 1030. The van der Waals surface area contributed by atoms with Crippen LogP contribution in [0, 0.1) is 0 Å². The van der Waals surface area contributed by atoms with Gasteiger partial charge in [0.15, 0.2) is 11.6 Å². The topological polar surface area (TPSA) is 52.0 Å². The Balaban J connectivity index is 1.49. The summed E-state index contributed by atoms with van der Waals surface area (Å²) in [7, 11) is 0. The number of aromatic nitrogens is 2. The predicted molar refractivity (Wildman–Crippen MR) is 98.3 cm³/mol. The molecule has 0 spiro atoms. The summed E-state index contributed by atoms with van der Waals surface area (Å²) in [6.07, 6.45) is -0.123. The van der Waals surface area contributed by atoms with Crippen molar-refractivity contribution >= 4 is 22.9 Å². The minimum Gasteiger partial charge on any atom is -0.335 e. The van der Waals surface area contributed by atoms with Gasteiger partial charge in [-0.1, -0.05) is 12.1 Å². The number of benzene rings is 1. The number of hydrogen-bond acceptors (Lipinski definition) is 4. The van der Waals surface area contributed by atoms with E-state index in [-0.39, 0.29) is 24.0 Å². The fourth-order valence-electron chi connectivity index (χ4n) is 3.37. The quantitative estimate of drug-likeness (QED) is 0.618. The van der Waals surface area contributed by atoms with Crippen molar-refractivity contribution in [1.82, 2.24) is 9.55 Å². The number of carbonyl (C=O) groups is 2. The number of ketones is 2. The van der Waals surface area contributed by atoms with Gasteiger partial charge in [-0.05, 0) is 36.2 Å². The third kappa shape index (κ3) is 3.52. The highest BCUT2D eigenvalue weighted by Gasteiger charge is 2.31. The highest BCUT2D eigenvalue weighted by atomic mass is 32.1. The van der Waals surface area contributed by atoms with Crippen LogP contribution < -0.4 is 0 Å². The lowest BCUT2D eigenvalue weighted by Gasteiger charge is -2.24. The molecule has 1 aliphatic rings. The van der Waals surface area contributed by atoms with Crippen LogP contribution in [0.15, 0.2) is 48.8 Å². The number of nitrogens with zero attached hydrogens (tertiary/aromatic N) is 2. The fraction of sp³-hybridized carbons (Fsp3) is 0.250. The number of rotatable bonds is 4. The van der Waals surface area contributed by atoms with E-state index < -0.39 is 11.7 Å². The third-order valence-electron chi connectivity index (χ3n) is 4.79. The maximum atomic E-state index is 12.7. The van der Waals surface area contributed by atoms with Crippen molar-refractivity contribution in [2.75, 3.05) is 0 Å². The fourth-order valence-corrected chi connectivity index (χ4v) is 4.30. The molecule has 4 rings (SSSR count). The molecule has 144 valence electrons. The molecule has 0 amide bonds. The minimum absolute atomic E-state index is 0.0294. The number of halogens is 3. The molecule has 0 N–H and O–H groups in total. The van der Waals surface area contributed by atoms with Gasteiger partial charge in [0.25, 0.3) is 0 Å². The second-order valence-electron chi connectivity index (χ2n) is 6.61. The van der Waals surface area contributed by atoms with E-state index in [4.69, 9.17) is 0 Å². The van der Waals surface area contributed by atoms with Crippen LogP contribution in [-0.2, 0) is 17.4 Å². The molecule has 0 aliphatic carbocycles. The minimum atomic E-state index is -4.37. The van der Waals surface area contributed by atoms with Crippen LogP contribution in [0.2, 0.25) is 0 Å². The molecule has 0 bridgehead atoms. The number of carbonyl (C=O) groups excluding carboxylic acids is 2. The smallest absolute Gasteiger partial charge is 0.335 e. The number of hydrogen-bond donors (Lipinski definition) is 0. The molecule has 0 radical (unpaired) electrons. The highest BCUT2D eigenvalue weighted by Crippen LogP contribution is 2.33. The monoisotopic (exact) mass is 404 g/mol. The number of thiazole rings is 1. The number of Topliss-reactive ketones (excluding diaryl/α,β-unsaturated/α-hetero) is 2. The Kier molecular flexibility index (Phi) is 4.66. The van der Waals surface area contributed by atoms with Gasteiger partial charge in [0.2, 0.25) is 0 Å². The van der Waals surface area contributed by atoms with E-state index in [1.165, 1.54) is 23.5 Å². The highest BCUT2D eigenvalue weighted by molar-refractivity contribution is 7.15. The summed E-state index contributed by atoms with van der Waals surface area (Å²) in [6, 6.07) is 7.96. The standard InChI is InChI=1S/C20H15F3N2O2S/c21-20(22,23)13-5-3-12(4-6-13)18-11-24-19(28-18)10-17(27)15-7-8-16(26)14-2-1-9-25(14)15/h1-6,9,11,15H,7-8,10H2. The van der Waals surface area contributed by atoms with Crippen LogP contribution in [-0.4, -0.2) is 21.1 Å². The first-order valence-corrected chi connectivity index (χ1v) is 9.49. The van der Waals surface area contributed by atoms with E-state index >= 15 is 0 Å². The Hall–Kier alpha value is -2.74. The SMILES string of the molecule is O=C1CCC(C(=O)Cc2ncc(-c3ccc(C(F)(F)F)cc3)s2)n2cccc21. The zero-order valence-electron chi connectivity index (χ0n) is 14.6. The maximum absolute atomic E-state index is 12.7. The van der Waals surface area contributed by atoms with Gasteiger partial charge in [-0.3, -0.25) is 9.59 Å². The van der Waals surface area contributed by atoms with E-state index in [1.807, 2.05) is 0 Å². The molecular formula is C20H15F3N2O2S. The first-order valence-electron chi connectivity index (χ1n) is 8.68. The summed E-state index contributed by atoms with van der Waals surface area (Å²) in [5.41, 5.74) is 0.472. The van der Waals surface area contributed by atoms with Crippen molar-refractivity contribution in [2.45, 2.75) is 31.5 Å². The predicted octanol–water partition coefficient (Wildman–Crippen LogP) is 4.96. The lowest BCUT2D eigenvalue weighted by Crippen LogP contribution is -2.28. The summed E-state index contributed by atoms with van der Waals surface area (Å²) < 4.78 is 39.8. The molecule has 3 heterocycles. The van der Waals surface area contributed by atoms with E-state index in [9.17, 15) is 22.8 Å². The molecule has 1 unspecified atom stereocenters. The number of alkyl halides is 3. The van der Waals surface area contributed by atoms with Crippen LogP contribution in [0.4, 0.5) is 13.2 Å². The molecule has 8 heteroatoms. The van der Waals surface area contributed by atoms with Crippen LogP contribution in [0.1, 0.15) is 39.9 Å². The first-order chi connectivity index (χ1) is 13.3. The largest absolute Gasteiger partial charge is 0.416 e. The second-order valence-corrected chi connectivity index (χ2v) is 7.73. The van der Waals surface area contributed by atoms with E-state index in [2.05, 4.69) is 4.98 Å². The van der Waals surface area contributed by atoms with Crippen molar-refractivity contribution in [2.24, 2.45) is 0 Å². The first kappa shape index (κ1) is 18.6. The third-order valence-corrected chi connectivity index (χ3v) is 5.84. The van der Waals surface area contributed by atoms with Crippen LogP contribution in [0.5, 0.6) is 0 Å². The van der Waals surface area contributed by atoms with E-state index in [1.54, 1.807) is 29.1 Å². The normalized spacial score (nSPS) is 16.8. The molecule has 3 aromatic rings. The lowest BCUT2D eigenvalue weighted by molar-refractivity contribution is -0.137. The van der Waals surface area contributed by atoms with Gasteiger partial charge in [0.1, 0.15) is 5.01 Å². The average molecular weight is 404 g/mol. The van der Waals surface area contributed by atoms with Gasteiger partial charge < -0.3 is 4.57 Å². The van der Waals surface area contributed by atoms with Crippen LogP contribution in [0.25, 0.3) is 10.4 Å². The van der Waals surface area contributed by atoms with E-state index in [0.29, 0.717) is 34.0 Å². The zero-order chi connectivity index (χ0) is 19.9. The molecule has 1 aliphatic heterocycles. The van der Waals surface area contributed by atoms with Gasteiger partial charge in [0.05, 0.1) is 28.6 Å². The van der Waals surface area contributed by atoms with Crippen molar-refractivity contribution < 1.29 is 22.8 Å². The van der Waals surface area contributed by atoms with Crippen LogP contribution in [0.3, 0.4) is 0 Å². The van der Waals surface area contributed by atoms with Crippen molar-refractivity contribution in [3.63, 3.8) is 0 Å². The summed E-state index contributed by atoms with van der Waals surface area (Å²) in [5, 5.41) is 0.602. The van der Waals surface area contributed by atoms with Gasteiger partial charge in [-0.2, -0.15) is 13.2 Å². The zero-order valence-corrected chi connectivity index (χ0v) is 15.4. The Labute approximate surface area is 162 Å². The van der Waals surface area contributed by atoms with E-state index in [0.717, 1.165) is 12.1 Å². The summed E-state index contributed by atoms with van der Waals surface area (Å²) in [4.78, 5) is 29.6. The molecule has 4 nitrogen and oxygen atoms in total. The van der Waals surface area contributed by atoms with Gasteiger partial charge >= 0.3 is 6.18 Å². The van der Waals surface area contributed by atoms with Crippen molar-refractivity contribution in [3.8, 4) is 10.4 Å². The molecule has 1 aromatic carbocycles. The molecule has 28 heavy (non-hydrogen) atoms. The molecule has 0 fully saturated rings. The summed E-state index contributed by atoms with van der Waals surface area (Å²) in [6.45, 7) is 0. The lowest BCUT2D eigenvalue weighted by atomic mass is 9.97.